The Balaban J connectivity index is 2.14. The van der Waals surface area contributed by atoms with Gasteiger partial charge in [-0.05, 0) is 49.2 Å². The van der Waals surface area contributed by atoms with Crippen molar-refractivity contribution in [2.45, 2.75) is 27.7 Å². The molecule has 2 aromatic rings. The molecule has 0 saturated carbocycles. The predicted octanol–water partition coefficient (Wildman–Crippen LogP) is 3.25. The van der Waals surface area contributed by atoms with Gasteiger partial charge < -0.3 is 15.5 Å². The van der Waals surface area contributed by atoms with Crippen LogP contribution in [0.15, 0.2) is 42.5 Å². The smallest absolute Gasteiger partial charge is 0.244 e. The van der Waals surface area contributed by atoms with Crippen LogP contribution in [0.4, 0.5) is 17.1 Å². The van der Waals surface area contributed by atoms with Crippen molar-refractivity contribution in [1.29, 1.82) is 0 Å². The van der Waals surface area contributed by atoms with Crippen LogP contribution in [0.2, 0.25) is 0 Å². The van der Waals surface area contributed by atoms with E-state index in [1.807, 2.05) is 32.0 Å². The summed E-state index contributed by atoms with van der Waals surface area (Å²) in [4.78, 5) is 36.9. The second-order valence-corrected chi connectivity index (χ2v) is 6.15. The minimum Gasteiger partial charge on any atom is -0.326 e. The normalized spacial score (nSPS) is 10.2. The maximum absolute atomic E-state index is 12.5. The van der Waals surface area contributed by atoms with Gasteiger partial charge in [0.25, 0.3) is 0 Å². The Morgan fingerprint density at radius 3 is 1.96 bits per heavy atom. The molecule has 3 amide bonds. The molecule has 2 N–H and O–H groups in total. The Kier molecular flexibility index (Phi) is 6.11. The third-order valence-corrected chi connectivity index (χ3v) is 3.93. The zero-order valence-electron chi connectivity index (χ0n) is 15.4. The molecule has 0 saturated heterocycles. The zero-order valence-corrected chi connectivity index (χ0v) is 15.4. The summed E-state index contributed by atoms with van der Waals surface area (Å²) in [5, 5.41) is 5.55. The Hall–Kier alpha value is -3.15. The van der Waals surface area contributed by atoms with E-state index in [0.29, 0.717) is 11.4 Å². The van der Waals surface area contributed by atoms with Crippen molar-refractivity contribution < 1.29 is 14.4 Å². The van der Waals surface area contributed by atoms with Crippen molar-refractivity contribution in [3.05, 3.63) is 53.6 Å². The molecule has 26 heavy (non-hydrogen) atoms. The fraction of sp³-hybridized carbons (Fsp3) is 0.250. The van der Waals surface area contributed by atoms with Crippen LogP contribution in [0.3, 0.4) is 0 Å². The van der Waals surface area contributed by atoms with Crippen molar-refractivity contribution >= 4 is 34.8 Å². The van der Waals surface area contributed by atoms with Crippen molar-refractivity contribution in [3.8, 4) is 0 Å². The molecular weight excluding hydrogens is 330 g/mol. The first-order valence-electron chi connectivity index (χ1n) is 8.29. The SMILES string of the molecule is CC(=O)Nc1ccc(N(CC(=O)Nc2c(C)cccc2C)C(C)=O)cc1. The molecule has 0 aliphatic heterocycles. The maximum atomic E-state index is 12.5. The molecule has 0 radical (unpaired) electrons. The van der Waals surface area contributed by atoms with Crippen molar-refractivity contribution in [2.75, 3.05) is 22.1 Å². The van der Waals surface area contributed by atoms with Crippen LogP contribution < -0.4 is 15.5 Å². The molecule has 2 aromatic carbocycles. The van der Waals surface area contributed by atoms with E-state index >= 15 is 0 Å². The molecular formula is C20H23N3O3. The van der Waals surface area contributed by atoms with E-state index in [1.165, 1.54) is 18.7 Å². The standard InChI is InChI=1S/C20H23N3O3/c1-13-6-5-7-14(2)20(13)22-19(26)12-23(16(4)25)18-10-8-17(9-11-18)21-15(3)24/h5-11H,12H2,1-4H3,(H,21,24)(H,22,26). The number of rotatable bonds is 5. The second-order valence-electron chi connectivity index (χ2n) is 6.15. The first-order chi connectivity index (χ1) is 12.3. The summed E-state index contributed by atoms with van der Waals surface area (Å²) in [5.74, 6) is -0.688. The average molecular weight is 353 g/mol. The molecule has 6 nitrogen and oxygen atoms in total. The number of nitrogens with one attached hydrogen (secondary N) is 2. The lowest BCUT2D eigenvalue weighted by Gasteiger charge is -2.21. The van der Waals surface area contributed by atoms with E-state index in [0.717, 1.165) is 16.8 Å². The number of aryl methyl sites for hydroxylation is 2. The van der Waals surface area contributed by atoms with E-state index in [4.69, 9.17) is 0 Å². The van der Waals surface area contributed by atoms with Crippen molar-refractivity contribution in [1.82, 2.24) is 0 Å². The number of carbonyl (C=O) groups is 3. The van der Waals surface area contributed by atoms with Gasteiger partial charge in [0.05, 0.1) is 0 Å². The quantitative estimate of drug-likeness (QED) is 0.866. The predicted molar refractivity (Wildman–Crippen MR) is 103 cm³/mol. The van der Waals surface area contributed by atoms with Crippen molar-refractivity contribution in [2.24, 2.45) is 0 Å². The van der Waals surface area contributed by atoms with Gasteiger partial charge in [-0.3, -0.25) is 14.4 Å². The molecule has 0 atom stereocenters. The Bertz CT molecular complexity index is 808. The van der Waals surface area contributed by atoms with Gasteiger partial charge >= 0.3 is 0 Å². The number of amides is 3. The van der Waals surface area contributed by atoms with Crippen LogP contribution in [-0.2, 0) is 14.4 Å². The van der Waals surface area contributed by atoms with Gasteiger partial charge in [-0.2, -0.15) is 0 Å². The second kappa shape index (κ2) is 8.29. The summed E-state index contributed by atoms with van der Waals surface area (Å²) in [6, 6.07) is 12.5. The highest BCUT2D eigenvalue weighted by atomic mass is 16.2. The minimum atomic E-state index is -0.275. The largest absolute Gasteiger partial charge is 0.326 e. The van der Waals surface area contributed by atoms with Gasteiger partial charge in [0.15, 0.2) is 0 Å². The van der Waals surface area contributed by atoms with Crippen LogP contribution >= 0.6 is 0 Å². The lowest BCUT2D eigenvalue weighted by molar-refractivity contribution is -0.120. The average Bonchev–Trinajstić information content (AvgIpc) is 2.56. The summed E-state index contributed by atoms with van der Waals surface area (Å²) in [6.07, 6.45) is 0. The van der Waals surface area contributed by atoms with Crippen LogP contribution in [0.1, 0.15) is 25.0 Å². The van der Waals surface area contributed by atoms with E-state index in [2.05, 4.69) is 10.6 Å². The first-order valence-corrected chi connectivity index (χ1v) is 8.29. The van der Waals surface area contributed by atoms with Gasteiger partial charge in [0.1, 0.15) is 6.54 Å². The number of benzene rings is 2. The zero-order chi connectivity index (χ0) is 19.3. The van der Waals surface area contributed by atoms with E-state index < -0.39 is 0 Å². The van der Waals surface area contributed by atoms with Crippen molar-refractivity contribution in [3.63, 3.8) is 0 Å². The number of carbonyl (C=O) groups excluding carboxylic acids is 3. The lowest BCUT2D eigenvalue weighted by Crippen LogP contribution is -2.36. The Morgan fingerprint density at radius 1 is 0.885 bits per heavy atom. The molecule has 0 aromatic heterocycles. The summed E-state index contributed by atoms with van der Waals surface area (Å²) in [5.41, 5.74) is 3.91. The summed E-state index contributed by atoms with van der Waals surface area (Å²) >= 11 is 0. The molecule has 0 aliphatic carbocycles. The van der Waals surface area contributed by atoms with Gasteiger partial charge in [0, 0.05) is 30.9 Å². The fourth-order valence-electron chi connectivity index (χ4n) is 2.65. The molecule has 0 fully saturated rings. The van der Waals surface area contributed by atoms with Crippen LogP contribution in [0.5, 0.6) is 0 Å². The van der Waals surface area contributed by atoms with Gasteiger partial charge in [-0.1, -0.05) is 18.2 Å². The molecule has 6 heteroatoms. The molecule has 0 unspecified atom stereocenters. The molecule has 0 bridgehead atoms. The highest BCUT2D eigenvalue weighted by Gasteiger charge is 2.17. The number of nitrogens with zero attached hydrogens (tertiary/aromatic N) is 1. The van der Waals surface area contributed by atoms with Gasteiger partial charge in [0.2, 0.25) is 17.7 Å². The lowest BCUT2D eigenvalue weighted by atomic mass is 10.1. The van der Waals surface area contributed by atoms with E-state index in [9.17, 15) is 14.4 Å². The maximum Gasteiger partial charge on any atom is 0.244 e. The number of para-hydroxylation sites is 1. The summed E-state index contributed by atoms with van der Waals surface area (Å²) in [7, 11) is 0. The van der Waals surface area contributed by atoms with E-state index in [-0.39, 0.29) is 24.3 Å². The molecule has 0 spiro atoms. The first kappa shape index (κ1) is 19.2. The highest BCUT2D eigenvalue weighted by molar-refractivity contribution is 6.02. The van der Waals surface area contributed by atoms with Crippen LogP contribution in [-0.4, -0.2) is 24.3 Å². The number of hydrogen-bond donors (Lipinski definition) is 2. The summed E-state index contributed by atoms with van der Waals surface area (Å²) in [6.45, 7) is 6.59. The molecule has 0 heterocycles. The third kappa shape index (κ3) is 4.92. The van der Waals surface area contributed by atoms with Gasteiger partial charge in [-0.15, -0.1) is 0 Å². The third-order valence-electron chi connectivity index (χ3n) is 3.93. The Labute approximate surface area is 153 Å². The Morgan fingerprint density at radius 2 is 1.46 bits per heavy atom. The highest BCUT2D eigenvalue weighted by Crippen LogP contribution is 2.21. The number of anilines is 3. The molecule has 136 valence electrons. The number of hydrogen-bond acceptors (Lipinski definition) is 3. The van der Waals surface area contributed by atoms with Crippen LogP contribution in [0.25, 0.3) is 0 Å². The van der Waals surface area contributed by atoms with Crippen LogP contribution in [0, 0.1) is 13.8 Å². The van der Waals surface area contributed by atoms with Gasteiger partial charge in [-0.25, -0.2) is 0 Å². The summed E-state index contributed by atoms with van der Waals surface area (Å²) < 4.78 is 0. The fourth-order valence-corrected chi connectivity index (χ4v) is 2.65. The minimum absolute atomic E-state index is 0.0947. The van der Waals surface area contributed by atoms with E-state index in [1.54, 1.807) is 24.3 Å². The monoisotopic (exact) mass is 353 g/mol. The molecule has 0 aliphatic rings. The topological polar surface area (TPSA) is 78.5 Å². The molecule has 2 rings (SSSR count).